The molecule has 1 N–H and O–H groups in total. The number of halogens is 2. The number of nitrogens with one attached hydrogen (secondary N) is 1. The van der Waals surface area contributed by atoms with Crippen LogP contribution >= 0.6 is 15.9 Å². The minimum Gasteiger partial charge on any atom is -0.279 e. The van der Waals surface area contributed by atoms with Crippen LogP contribution in [0.2, 0.25) is 0 Å². The highest BCUT2D eigenvalue weighted by Crippen LogP contribution is 2.18. The third-order valence-corrected chi connectivity index (χ3v) is 1.64. The second-order valence-electron chi connectivity index (χ2n) is 1.93. The second kappa shape index (κ2) is 3.69. The molecule has 0 heterocycles. The molecule has 0 aliphatic heterocycles. The van der Waals surface area contributed by atoms with Gasteiger partial charge in [-0.15, -0.1) is 0 Å². The Morgan fingerprint density at radius 2 is 2.27 bits per heavy atom. The van der Waals surface area contributed by atoms with E-state index < -0.39 is 0 Å². The van der Waals surface area contributed by atoms with E-state index in [1.54, 1.807) is 12.1 Å². The van der Waals surface area contributed by atoms with Crippen molar-refractivity contribution in [2.24, 2.45) is 0 Å². The summed E-state index contributed by atoms with van der Waals surface area (Å²) in [4.78, 5) is 4.54. The van der Waals surface area contributed by atoms with E-state index in [-0.39, 0.29) is 5.82 Å². The molecule has 0 bridgehead atoms. The van der Waals surface area contributed by atoms with Crippen molar-refractivity contribution in [3.8, 4) is 0 Å². The van der Waals surface area contributed by atoms with Gasteiger partial charge in [0.15, 0.2) is 0 Å². The third kappa shape index (κ3) is 2.17. The zero-order valence-corrected chi connectivity index (χ0v) is 7.48. The molecule has 1 rings (SSSR count). The van der Waals surface area contributed by atoms with Crippen molar-refractivity contribution in [1.82, 2.24) is 0 Å². The van der Waals surface area contributed by atoms with Gasteiger partial charge in [-0.1, -0.05) is 15.9 Å². The van der Waals surface area contributed by atoms with Crippen LogP contribution in [-0.4, -0.2) is 7.11 Å². The lowest BCUT2D eigenvalue weighted by Crippen LogP contribution is -1.97. The molecule has 4 heteroatoms. The van der Waals surface area contributed by atoms with E-state index in [2.05, 4.69) is 26.2 Å². The van der Waals surface area contributed by atoms with Crippen LogP contribution in [0, 0.1) is 5.82 Å². The number of hydrogen-bond donors (Lipinski definition) is 1. The predicted molar refractivity (Wildman–Crippen MR) is 44.7 cm³/mol. The Bertz CT molecular complexity index is 254. The van der Waals surface area contributed by atoms with Gasteiger partial charge in [0.1, 0.15) is 5.82 Å². The minimum absolute atomic E-state index is 0.329. The van der Waals surface area contributed by atoms with E-state index >= 15 is 0 Å². The van der Waals surface area contributed by atoms with Crippen LogP contribution in [0.3, 0.4) is 0 Å². The lowest BCUT2D eigenvalue weighted by atomic mass is 10.3. The molecule has 0 fully saturated rings. The van der Waals surface area contributed by atoms with Gasteiger partial charge < -0.3 is 0 Å². The average Bonchev–Trinajstić information content (AvgIpc) is 1.95. The molecule has 11 heavy (non-hydrogen) atoms. The van der Waals surface area contributed by atoms with Crippen LogP contribution in [0.4, 0.5) is 10.1 Å². The quantitative estimate of drug-likeness (QED) is 0.773. The smallest absolute Gasteiger partial charge is 0.149 e. The molecular formula is C7H7BrFNO. The minimum atomic E-state index is -0.346. The number of rotatable bonds is 2. The van der Waals surface area contributed by atoms with Crippen LogP contribution in [0.5, 0.6) is 0 Å². The molecule has 0 aliphatic carbocycles. The Morgan fingerprint density at radius 1 is 1.55 bits per heavy atom. The highest BCUT2D eigenvalue weighted by molar-refractivity contribution is 9.10. The van der Waals surface area contributed by atoms with Gasteiger partial charge in [-0.3, -0.25) is 10.3 Å². The molecule has 0 unspecified atom stereocenters. The third-order valence-electron chi connectivity index (χ3n) is 1.14. The molecule has 0 aliphatic rings. The van der Waals surface area contributed by atoms with Gasteiger partial charge >= 0.3 is 0 Å². The first-order valence-electron chi connectivity index (χ1n) is 2.98. The van der Waals surface area contributed by atoms with Gasteiger partial charge in [-0.2, -0.15) is 0 Å². The summed E-state index contributed by atoms with van der Waals surface area (Å²) in [5.41, 5.74) is 2.74. The fraction of sp³-hybridized carbons (Fsp3) is 0.143. The molecule has 60 valence electrons. The normalized spacial score (nSPS) is 9.73. The summed E-state index contributed by atoms with van der Waals surface area (Å²) < 4.78 is 13.6. The van der Waals surface area contributed by atoms with E-state index in [0.717, 1.165) is 0 Å². The summed E-state index contributed by atoms with van der Waals surface area (Å²) in [6.07, 6.45) is 0. The lowest BCUT2D eigenvalue weighted by molar-refractivity contribution is 0.268. The molecule has 2 nitrogen and oxygen atoms in total. The van der Waals surface area contributed by atoms with Crippen molar-refractivity contribution < 1.29 is 9.23 Å². The molecule has 1 aromatic carbocycles. The summed E-state index contributed by atoms with van der Waals surface area (Å²) in [7, 11) is 1.43. The van der Waals surface area contributed by atoms with Gasteiger partial charge in [-0.05, 0) is 18.2 Å². The van der Waals surface area contributed by atoms with Crippen molar-refractivity contribution in [2.45, 2.75) is 0 Å². The molecule has 0 saturated heterocycles. The second-order valence-corrected chi connectivity index (χ2v) is 2.85. The van der Waals surface area contributed by atoms with Gasteiger partial charge in [0, 0.05) is 4.47 Å². The summed E-state index contributed by atoms with van der Waals surface area (Å²) in [6, 6.07) is 4.68. The maximum Gasteiger partial charge on any atom is 0.149 e. The van der Waals surface area contributed by atoms with Crippen molar-refractivity contribution >= 4 is 21.6 Å². The van der Waals surface area contributed by atoms with E-state index in [9.17, 15) is 4.39 Å². The Morgan fingerprint density at radius 3 is 2.82 bits per heavy atom. The molecule has 0 amide bonds. The van der Waals surface area contributed by atoms with Gasteiger partial charge in [0.2, 0.25) is 0 Å². The lowest BCUT2D eigenvalue weighted by Gasteiger charge is -2.03. The average molecular weight is 220 g/mol. The molecule has 0 radical (unpaired) electrons. The molecular weight excluding hydrogens is 213 g/mol. The van der Waals surface area contributed by atoms with Crippen LogP contribution in [0.15, 0.2) is 22.7 Å². The van der Waals surface area contributed by atoms with Crippen molar-refractivity contribution in [1.29, 1.82) is 0 Å². The van der Waals surface area contributed by atoms with Gasteiger partial charge in [-0.25, -0.2) is 4.39 Å². The van der Waals surface area contributed by atoms with Gasteiger partial charge in [0.05, 0.1) is 12.8 Å². The zero-order valence-electron chi connectivity index (χ0n) is 5.90. The van der Waals surface area contributed by atoms with Crippen molar-refractivity contribution in [3.05, 3.63) is 28.5 Å². The highest BCUT2D eigenvalue weighted by atomic mass is 79.9. The molecule has 1 aromatic rings. The van der Waals surface area contributed by atoms with Crippen LogP contribution in [0.1, 0.15) is 0 Å². The maximum atomic E-state index is 12.9. The SMILES string of the molecule is CONc1ccc(Br)cc1F. The van der Waals surface area contributed by atoms with E-state index in [1.165, 1.54) is 13.2 Å². The van der Waals surface area contributed by atoms with Crippen LogP contribution in [0.25, 0.3) is 0 Å². The van der Waals surface area contributed by atoms with Crippen molar-refractivity contribution in [3.63, 3.8) is 0 Å². The molecule has 0 spiro atoms. The first-order valence-corrected chi connectivity index (χ1v) is 3.77. The van der Waals surface area contributed by atoms with Gasteiger partial charge in [0.25, 0.3) is 0 Å². The summed E-state index contributed by atoms with van der Waals surface area (Å²) in [6.45, 7) is 0. The topological polar surface area (TPSA) is 21.3 Å². The predicted octanol–water partition coefficient (Wildman–Crippen LogP) is 2.56. The summed E-state index contributed by atoms with van der Waals surface area (Å²) >= 11 is 3.14. The largest absolute Gasteiger partial charge is 0.279 e. The fourth-order valence-electron chi connectivity index (χ4n) is 0.682. The molecule has 0 atom stereocenters. The van der Waals surface area contributed by atoms with E-state index in [4.69, 9.17) is 0 Å². The van der Waals surface area contributed by atoms with Crippen LogP contribution < -0.4 is 5.48 Å². The monoisotopic (exact) mass is 219 g/mol. The molecule has 0 aromatic heterocycles. The first kappa shape index (κ1) is 8.49. The maximum absolute atomic E-state index is 12.9. The highest BCUT2D eigenvalue weighted by Gasteiger charge is 1.99. The summed E-state index contributed by atoms with van der Waals surface area (Å²) in [5, 5.41) is 0. The van der Waals surface area contributed by atoms with Crippen molar-refractivity contribution in [2.75, 3.05) is 12.6 Å². The molecule has 0 saturated carbocycles. The number of benzene rings is 1. The number of hydrogen-bond acceptors (Lipinski definition) is 2. The fourth-order valence-corrected chi connectivity index (χ4v) is 1.02. The Labute approximate surface area is 72.4 Å². The van der Waals surface area contributed by atoms with Crippen LogP contribution in [-0.2, 0) is 4.84 Å². The summed E-state index contributed by atoms with van der Waals surface area (Å²) in [5.74, 6) is -0.346. The number of anilines is 1. The van der Waals surface area contributed by atoms with E-state index in [0.29, 0.717) is 10.2 Å². The van der Waals surface area contributed by atoms with E-state index in [1.807, 2.05) is 0 Å². The Kier molecular flexibility index (Phi) is 2.84. The standard InChI is InChI=1S/C7H7BrFNO/c1-11-10-7-3-2-5(8)4-6(7)9/h2-4,10H,1H3. The Balaban J connectivity index is 2.90. The first-order chi connectivity index (χ1) is 5.24. The Hall–Kier alpha value is -0.610. The zero-order chi connectivity index (χ0) is 8.27.